The summed E-state index contributed by atoms with van der Waals surface area (Å²) in [5.41, 5.74) is 0. The number of phosphoric ester groups is 2. The van der Waals surface area contributed by atoms with Crippen molar-refractivity contribution in [2.45, 2.75) is 316 Å². The van der Waals surface area contributed by atoms with Gasteiger partial charge in [0.05, 0.1) is 32.8 Å². The van der Waals surface area contributed by atoms with Crippen molar-refractivity contribution in [2.75, 3.05) is 39.6 Å². The molecule has 0 aromatic heterocycles. The molecule has 0 bridgehead atoms. The number of rotatable bonds is 71. The molecule has 5 unspecified atom stereocenters. The zero-order chi connectivity index (χ0) is 73.2. The Balaban J connectivity index is 5.45. The quantitative estimate of drug-likeness (QED) is 0.0169. The molecule has 19 heteroatoms. The smallest absolute Gasteiger partial charge is 0.462 e. The Bertz CT molecular complexity index is 2420. The van der Waals surface area contributed by atoms with E-state index in [2.05, 4.69) is 137 Å². The first-order valence-corrected chi connectivity index (χ1v) is 41.4. The van der Waals surface area contributed by atoms with Crippen LogP contribution in [-0.2, 0) is 65.4 Å². The van der Waals surface area contributed by atoms with Gasteiger partial charge in [0.2, 0.25) is 0 Å². The molecule has 0 spiro atoms. The minimum atomic E-state index is -5.01. The van der Waals surface area contributed by atoms with Gasteiger partial charge in [-0.3, -0.25) is 37.3 Å². The summed E-state index contributed by atoms with van der Waals surface area (Å²) in [7, 11) is -10.00. The number of phosphoric acid groups is 2. The Morgan fingerprint density at radius 3 is 0.910 bits per heavy atom. The van der Waals surface area contributed by atoms with Gasteiger partial charge in [-0.15, -0.1) is 0 Å². The van der Waals surface area contributed by atoms with Crippen LogP contribution in [0, 0.1) is 0 Å². The van der Waals surface area contributed by atoms with Gasteiger partial charge >= 0.3 is 39.5 Å². The summed E-state index contributed by atoms with van der Waals surface area (Å²) in [6, 6.07) is 0. The summed E-state index contributed by atoms with van der Waals surface area (Å²) < 4.78 is 68.3. The van der Waals surface area contributed by atoms with Crippen LogP contribution < -0.4 is 0 Å². The van der Waals surface area contributed by atoms with Gasteiger partial charge in [-0.1, -0.05) is 264 Å². The fourth-order valence-corrected chi connectivity index (χ4v) is 11.4. The van der Waals surface area contributed by atoms with Crippen LogP contribution in [0.3, 0.4) is 0 Å². The van der Waals surface area contributed by atoms with Gasteiger partial charge in [-0.2, -0.15) is 0 Å². The molecule has 17 nitrogen and oxygen atoms in total. The fourth-order valence-electron chi connectivity index (χ4n) is 9.80. The number of carbonyl (C=O) groups excluding carboxylic acids is 4. The lowest BCUT2D eigenvalue weighted by Crippen LogP contribution is -2.30. The molecule has 3 N–H and O–H groups in total. The Hall–Kier alpha value is -4.80. The molecule has 0 aliphatic rings. The molecule has 5 atom stereocenters. The summed E-state index contributed by atoms with van der Waals surface area (Å²) in [6.45, 7) is 4.46. The maximum Gasteiger partial charge on any atom is 0.472 e. The highest BCUT2D eigenvalue weighted by atomic mass is 31.2. The Kier molecular flexibility index (Phi) is 69.1. The number of carbonyl (C=O) groups is 4. The van der Waals surface area contributed by atoms with Crippen molar-refractivity contribution in [1.29, 1.82) is 0 Å². The second-order valence-electron chi connectivity index (χ2n) is 25.2. The molecule has 0 aromatic rings. The number of unbranched alkanes of at least 4 members (excludes halogenated alkanes) is 24. The molecule has 572 valence electrons. The van der Waals surface area contributed by atoms with E-state index in [4.69, 9.17) is 37.0 Å². The topological polar surface area (TPSA) is 237 Å². The maximum absolute atomic E-state index is 13.1. The summed E-state index contributed by atoms with van der Waals surface area (Å²) in [6.07, 6.45) is 80.5. The largest absolute Gasteiger partial charge is 0.472 e. The third-order valence-corrected chi connectivity index (χ3v) is 17.5. The second-order valence-corrected chi connectivity index (χ2v) is 28.1. The van der Waals surface area contributed by atoms with Crippen LogP contribution in [-0.4, -0.2) is 96.7 Å². The third-order valence-electron chi connectivity index (χ3n) is 15.6. The van der Waals surface area contributed by atoms with E-state index in [9.17, 15) is 43.2 Å². The van der Waals surface area contributed by atoms with Crippen LogP contribution in [0.4, 0.5) is 0 Å². The van der Waals surface area contributed by atoms with Crippen LogP contribution in [0.25, 0.3) is 0 Å². The van der Waals surface area contributed by atoms with E-state index in [1.807, 2.05) is 12.2 Å². The van der Waals surface area contributed by atoms with Crippen molar-refractivity contribution in [1.82, 2.24) is 0 Å². The zero-order valence-electron chi connectivity index (χ0n) is 62.3. The molecule has 0 aliphatic carbocycles. The average molecular weight is 1440 g/mol. The zero-order valence-corrected chi connectivity index (χ0v) is 64.1. The monoisotopic (exact) mass is 1440 g/mol. The van der Waals surface area contributed by atoms with Crippen molar-refractivity contribution >= 4 is 39.5 Å². The van der Waals surface area contributed by atoms with E-state index < -0.39 is 97.5 Å². The normalized spacial score (nSPS) is 14.7. The minimum absolute atomic E-state index is 0.0787. The highest BCUT2D eigenvalue weighted by Crippen LogP contribution is 2.45. The Labute approximate surface area is 605 Å². The van der Waals surface area contributed by atoms with Gasteiger partial charge in [0, 0.05) is 19.3 Å². The molecular formula is C81H136O17P2. The van der Waals surface area contributed by atoms with Gasteiger partial charge in [-0.05, 0) is 141 Å². The average Bonchev–Trinajstić information content (AvgIpc) is 0.932. The van der Waals surface area contributed by atoms with E-state index in [0.717, 1.165) is 154 Å². The standard InChI is InChI=1S/C81H136O17P2/c1-5-9-13-17-21-25-29-33-36-37-40-43-46-50-54-58-62-66-79(84)92-72-77(98-81(86)68-64-60-56-52-48-44-39-35-31-27-23-19-15-11-7-3)74-96-100(89,90)94-70-75(82)69-93-99(87,88)95-73-76(97-80(85)67-63-59-55-51-47-41-32-28-24-20-16-12-8-4)71-91-78(83)65-61-57-53-49-45-42-38-34-30-26-22-18-14-10-6-2/h9,11,13,15,21,23,25,27-28,32-36,38-40,43,48,52,60,64,75-77,82H,5-8,10,12,14,16-20,22,24,26,29-31,37,41-42,44-47,49-51,53-59,61-63,65-74H2,1-4H3,(H,87,88)(H,89,90)/b13-9-,15-11-,25-21-,27-23-,32-28-,36-33-,38-34-,39-35-,43-40-,52-48-,64-60-. The van der Waals surface area contributed by atoms with Crippen LogP contribution >= 0.6 is 15.6 Å². The molecule has 0 amide bonds. The highest BCUT2D eigenvalue weighted by Gasteiger charge is 2.30. The number of ether oxygens (including phenoxy) is 4. The van der Waals surface area contributed by atoms with Crippen LogP contribution in [0.1, 0.15) is 297 Å². The number of esters is 4. The third kappa shape index (κ3) is 71.6. The van der Waals surface area contributed by atoms with Crippen LogP contribution in [0.2, 0.25) is 0 Å². The number of aliphatic hydroxyl groups excluding tert-OH is 1. The predicted molar refractivity (Wildman–Crippen MR) is 408 cm³/mol. The summed E-state index contributed by atoms with van der Waals surface area (Å²) >= 11 is 0. The van der Waals surface area contributed by atoms with E-state index >= 15 is 0 Å². The first-order valence-electron chi connectivity index (χ1n) is 38.4. The Morgan fingerprint density at radius 1 is 0.300 bits per heavy atom. The molecular weight excluding hydrogens is 1310 g/mol. The first-order chi connectivity index (χ1) is 48.7. The Morgan fingerprint density at radius 2 is 0.560 bits per heavy atom. The van der Waals surface area contributed by atoms with E-state index in [-0.39, 0.29) is 25.7 Å². The maximum atomic E-state index is 13.1. The van der Waals surface area contributed by atoms with Crippen molar-refractivity contribution < 1.29 is 80.2 Å². The summed E-state index contributed by atoms with van der Waals surface area (Å²) in [5, 5.41) is 10.6. The molecule has 0 radical (unpaired) electrons. The fraction of sp³-hybridized carbons (Fsp3) is 0.679. The molecule has 100 heavy (non-hydrogen) atoms. The number of aliphatic hydroxyl groups is 1. The number of hydrogen-bond donors (Lipinski definition) is 3. The molecule has 0 aromatic carbocycles. The second kappa shape index (κ2) is 72.5. The molecule has 0 saturated carbocycles. The minimum Gasteiger partial charge on any atom is -0.462 e. The molecule has 0 aliphatic heterocycles. The molecule has 0 rings (SSSR count). The number of hydrogen-bond acceptors (Lipinski definition) is 15. The SMILES string of the molecule is CC/C=C\C/C=C\C/C=C\C/C=C\C/C=C\CC(=O)OC(COC(=O)CCCCCC/C=C\C/C=C\C/C=C\C/C=C\CC)COP(=O)(O)OCC(O)COP(=O)(O)OCC(COC(=O)CCCCCCC/C=C\CCCCCCCC)OC(=O)CCCCCCC/C=C\CCCCCC. The number of allylic oxidation sites excluding steroid dienone is 21. The van der Waals surface area contributed by atoms with Crippen molar-refractivity contribution in [3.8, 4) is 0 Å². The predicted octanol–water partition coefficient (Wildman–Crippen LogP) is 22.1. The van der Waals surface area contributed by atoms with Gasteiger partial charge in [0.25, 0.3) is 0 Å². The molecule has 0 saturated heterocycles. The lowest BCUT2D eigenvalue weighted by molar-refractivity contribution is -0.161. The van der Waals surface area contributed by atoms with Crippen molar-refractivity contribution in [3.63, 3.8) is 0 Å². The van der Waals surface area contributed by atoms with E-state index in [1.165, 1.54) is 64.2 Å². The van der Waals surface area contributed by atoms with Gasteiger partial charge in [-0.25, -0.2) is 9.13 Å². The van der Waals surface area contributed by atoms with Crippen LogP contribution in [0.15, 0.2) is 134 Å². The summed E-state index contributed by atoms with van der Waals surface area (Å²) in [4.78, 5) is 72.8. The highest BCUT2D eigenvalue weighted by molar-refractivity contribution is 7.47. The van der Waals surface area contributed by atoms with Gasteiger partial charge in [0.1, 0.15) is 19.3 Å². The van der Waals surface area contributed by atoms with Crippen molar-refractivity contribution in [2.24, 2.45) is 0 Å². The van der Waals surface area contributed by atoms with Crippen LogP contribution in [0.5, 0.6) is 0 Å². The molecule has 0 heterocycles. The molecule has 0 fully saturated rings. The lowest BCUT2D eigenvalue weighted by Gasteiger charge is -2.21. The van der Waals surface area contributed by atoms with Gasteiger partial charge in [0.15, 0.2) is 12.2 Å². The lowest BCUT2D eigenvalue weighted by atomic mass is 10.1. The van der Waals surface area contributed by atoms with E-state index in [1.54, 1.807) is 12.2 Å². The van der Waals surface area contributed by atoms with E-state index in [0.29, 0.717) is 25.7 Å². The van der Waals surface area contributed by atoms with Crippen molar-refractivity contribution in [3.05, 3.63) is 134 Å². The van der Waals surface area contributed by atoms with Gasteiger partial charge < -0.3 is 33.8 Å². The first kappa shape index (κ1) is 95.2. The summed E-state index contributed by atoms with van der Waals surface area (Å²) in [5.74, 6) is -2.37.